The average Bonchev–Trinajstić information content (AvgIpc) is 2.89. The van der Waals surface area contributed by atoms with E-state index in [2.05, 4.69) is 53.9 Å². The second kappa shape index (κ2) is 7.02. The summed E-state index contributed by atoms with van der Waals surface area (Å²) in [5.41, 5.74) is 2.20. The molecular formula is C18H27N5. The van der Waals surface area contributed by atoms with Crippen LogP contribution in [0.25, 0.3) is 11.0 Å². The van der Waals surface area contributed by atoms with Gasteiger partial charge in [0.2, 0.25) is 0 Å². The minimum absolute atomic E-state index is 0.611. The third-order valence-electron chi connectivity index (χ3n) is 4.67. The molecule has 3 rings (SSSR count). The number of piperidine rings is 1. The number of guanidine groups is 1. The van der Waals surface area contributed by atoms with E-state index in [1.54, 1.807) is 0 Å². The summed E-state index contributed by atoms with van der Waals surface area (Å²) in [5, 5.41) is 3.43. The number of para-hydroxylation sites is 2. The lowest BCUT2D eigenvalue weighted by atomic mass is 10.00. The molecule has 0 spiro atoms. The van der Waals surface area contributed by atoms with Crippen LogP contribution in [0.5, 0.6) is 0 Å². The number of nitrogens with zero attached hydrogens (tertiary/aromatic N) is 4. The summed E-state index contributed by atoms with van der Waals surface area (Å²) in [5.74, 6) is 2.85. The zero-order valence-corrected chi connectivity index (χ0v) is 14.4. The van der Waals surface area contributed by atoms with Crippen molar-refractivity contribution >= 4 is 17.0 Å². The number of likely N-dealkylation sites (tertiary alicyclic amines) is 1. The Morgan fingerprint density at radius 3 is 2.74 bits per heavy atom. The normalized spacial score (nSPS) is 17.0. The van der Waals surface area contributed by atoms with Gasteiger partial charge in [-0.15, -0.1) is 0 Å². The molecule has 1 aliphatic rings. The topological polar surface area (TPSA) is 45.5 Å². The Morgan fingerprint density at radius 1 is 1.30 bits per heavy atom. The van der Waals surface area contributed by atoms with Crippen molar-refractivity contribution in [2.45, 2.75) is 33.2 Å². The maximum absolute atomic E-state index is 4.84. The van der Waals surface area contributed by atoms with Gasteiger partial charge >= 0.3 is 0 Å². The summed E-state index contributed by atoms with van der Waals surface area (Å²) in [4.78, 5) is 11.9. The minimum atomic E-state index is 0.611. The number of hydrogen-bond acceptors (Lipinski definition) is 2. The Labute approximate surface area is 138 Å². The van der Waals surface area contributed by atoms with Crippen LogP contribution >= 0.6 is 0 Å². The van der Waals surface area contributed by atoms with Crippen molar-refractivity contribution in [2.24, 2.45) is 18.0 Å². The zero-order valence-electron chi connectivity index (χ0n) is 14.4. The fourth-order valence-corrected chi connectivity index (χ4v) is 3.13. The molecule has 0 bridgehead atoms. The monoisotopic (exact) mass is 313 g/mol. The maximum atomic E-state index is 4.84. The van der Waals surface area contributed by atoms with Crippen molar-refractivity contribution in [2.75, 3.05) is 19.6 Å². The summed E-state index contributed by atoms with van der Waals surface area (Å²) < 4.78 is 2.14. The minimum Gasteiger partial charge on any atom is -0.357 e. The van der Waals surface area contributed by atoms with E-state index in [1.807, 2.05) is 6.07 Å². The molecule has 0 aliphatic carbocycles. The van der Waals surface area contributed by atoms with Crippen molar-refractivity contribution < 1.29 is 0 Å². The molecule has 0 saturated carbocycles. The molecule has 2 aromatic rings. The quantitative estimate of drug-likeness (QED) is 0.700. The van der Waals surface area contributed by atoms with Gasteiger partial charge in [-0.2, -0.15) is 0 Å². The smallest absolute Gasteiger partial charge is 0.194 e. The Kier molecular flexibility index (Phi) is 4.84. The van der Waals surface area contributed by atoms with Gasteiger partial charge in [0.25, 0.3) is 0 Å². The second-order valence-electron chi connectivity index (χ2n) is 6.42. The SMILES string of the molecule is CCNC(=NCc1nc2ccccc2n1C)N1CCC(C)CC1. The van der Waals surface area contributed by atoms with Crippen molar-refractivity contribution in [1.82, 2.24) is 19.8 Å². The highest BCUT2D eigenvalue weighted by Gasteiger charge is 2.18. The fourth-order valence-electron chi connectivity index (χ4n) is 3.13. The zero-order chi connectivity index (χ0) is 16.2. The molecule has 1 aromatic carbocycles. The van der Waals surface area contributed by atoms with E-state index in [9.17, 15) is 0 Å². The fraction of sp³-hybridized carbons (Fsp3) is 0.556. The van der Waals surface area contributed by atoms with E-state index in [1.165, 1.54) is 12.8 Å². The molecule has 5 heteroatoms. The Hall–Kier alpha value is -2.04. The van der Waals surface area contributed by atoms with E-state index in [0.29, 0.717) is 6.54 Å². The van der Waals surface area contributed by atoms with Crippen LogP contribution in [0.2, 0.25) is 0 Å². The van der Waals surface area contributed by atoms with Crippen molar-refractivity contribution in [3.63, 3.8) is 0 Å². The molecule has 0 amide bonds. The van der Waals surface area contributed by atoms with Crippen molar-refractivity contribution in [3.05, 3.63) is 30.1 Å². The Balaban J connectivity index is 1.78. The lowest BCUT2D eigenvalue weighted by Gasteiger charge is -2.32. The average molecular weight is 313 g/mol. The van der Waals surface area contributed by atoms with Crippen LogP contribution in [0, 0.1) is 5.92 Å². The molecule has 5 nitrogen and oxygen atoms in total. The van der Waals surface area contributed by atoms with Gasteiger partial charge in [0.05, 0.1) is 11.0 Å². The Morgan fingerprint density at radius 2 is 2.04 bits per heavy atom. The summed E-state index contributed by atoms with van der Waals surface area (Å²) in [7, 11) is 2.07. The first-order chi connectivity index (χ1) is 11.2. The number of aryl methyl sites for hydroxylation is 1. The van der Waals surface area contributed by atoms with E-state index < -0.39 is 0 Å². The first kappa shape index (κ1) is 15.8. The Bertz CT molecular complexity index is 680. The van der Waals surface area contributed by atoms with Crippen LogP contribution in [-0.4, -0.2) is 40.0 Å². The van der Waals surface area contributed by atoms with Gasteiger partial charge in [-0.3, -0.25) is 0 Å². The van der Waals surface area contributed by atoms with E-state index in [4.69, 9.17) is 9.98 Å². The molecule has 1 saturated heterocycles. The van der Waals surface area contributed by atoms with Gasteiger partial charge in [-0.25, -0.2) is 9.98 Å². The number of fused-ring (bicyclic) bond motifs is 1. The maximum Gasteiger partial charge on any atom is 0.194 e. The molecule has 1 aromatic heterocycles. The summed E-state index contributed by atoms with van der Waals surface area (Å²) in [6.07, 6.45) is 2.49. The third kappa shape index (κ3) is 3.49. The number of aromatic nitrogens is 2. The van der Waals surface area contributed by atoms with Gasteiger partial charge in [0, 0.05) is 26.7 Å². The number of aliphatic imine (C=N–C) groups is 1. The number of imidazole rings is 1. The van der Waals surface area contributed by atoms with Crippen LogP contribution in [0.4, 0.5) is 0 Å². The van der Waals surface area contributed by atoms with E-state index >= 15 is 0 Å². The van der Waals surface area contributed by atoms with Crippen LogP contribution in [0.3, 0.4) is 0 Å². The highest BCUT2D eigenvalue weighted by Crippen LogP contribution is 2.17. The summed E-state index contributed by atoms with van der Waals surface area (Å²) >= 11 is 0. The molecule has 0 unspecified atom stereocenters. The molecule has 2 heterocycles. The largest absolute Gasteiger partial charge is 0.357 e. The number of rotatable bonds is 3. The van der Waals surface area contributed by atoms with Crippen molar-refractivity contribution in [3.8, 4) is 0 Å². The lowest BCUT2D eigenvalue weighted by Crippen LogP contribution is -2.45. The molecule has 0 atom stereocenters. The van der Waals surface area contributed by atoms with Gasteiger partial charge < -0.3 is 14.8 Å². The molecule has 1 N–H and O–H groups in total. The third-order valence-corrected chi connectivity index (χ3v) is 4.67. The molecule has 1 fully saturated rings. The van der Waals surface area contributed by atoms with Crippen LogP contribution < -0.4 is 5.32 Å². The summed E-state index contributed by atoms with van der Waals surface area (Å²) in [6, 6.07) is 8.24. The van der Waals surface area contributed by atoms with Gasteiger partial charge in [-0.05, 0) is 37.8 Å². The molecule has 124 valence electrons. The predicted octanol–water partition coefficient (Wildman–Crippen LogP) is 2.77. The highest BCUT2D eigenvalue weighted by atomic mass is 15.3. The van der Waals surface area contributed by atoms with Crippen molar-refractivity contribution in [1.29, 1.82) is 0 Å². The first-order valence-corrected chi connectivity index (χ1v) is 8.62. The lowest BCUT2D eigenvalue weighted by molar-refractivity contribution is 0.273. The van der Waals surface area contributed by atoms with E-state index in [-0.39, 0.29) is 0 Å². The first-order valence-electron chi connectivity index (χ1n) is 8.62. The second-order valence-corrected chi connectivity index (χ2v) is 6.42. The number of hydrogen-bond donors (Lipinski definition) is 1. The molecule has 0 radical (unpaired) electrons. The summed E-state index contributed by atoms with van der Waals surface area (Å²) in [6.45, 7) is 8.15. The van der Waals surface area contributed by atoms with E-state index in [0.717, 1.165) is 48.4 Å². The van der Waals surface area contributed by atoms with Crippen LogP contribution in [0.15, 0.2) is 29.3 Å². The standard InChI is InChI=1S/C18H27N5/c1-4-19-18(23-11-9-14(2)10-12-23)20-13-17-21-15-7-5-6-8-16(15)22(17)3/h5-8,14H,4,9-13H2,1-3H3,(H,19,20). The van der Waals surface area contributed by atoms with Gasteiger partial charge in [0.15, 0.2) is 5.96 Å². The van der Waals surface area contributed by atoms with Crippen LogP contribution in [-0.2, 0) is 13.6 Å². The van der Waals surface area contributed by atoms with Gasteiger partial charge in [0.1, 0.15) is 12.4 Å². The van der Waals surface area contributed by atoms with Gasteiger partial charge in [-0.1, -0.05) is 19.1 Å². The highest BCUT2D eigenvalue weighted by molar-refractivity contribution is 5.80. The molecule has 1 aliphatic heterocycles. The number of nitrogens with one attached hydrogen (secondary N) is 1. The predicted molar refractivity (Wildman–Crippen MR) is 95.5 cm³/mol. The number of benzene rings is 1. The molecule has 23 heavy (non-hydrogen) atoms. The molecular weight excluding hydrogens is 286 g/mol. The van der Waals surface area contributed by atoms with Crippen LogP contribution in [0.1, 0.15) is 32.5 Å².